The van der Waals surface area contributed by atoms with Crippen molar-refractivity contribution in [1.29, 1.82) is 0 Å². The molecule has 3 rings (SSSR count). The predicted molar refractivity (Wildman–Crippen MR) is 73.4 cm³/mol. The molecule has 1 atom stereocenters. The minimum atomic E-state index is -0.211. The van der Waals surface area contributed by atoms with E-state index in [0.717, 1.165) is 25.9 Å². The number of nitrogens with zero attached hydrogens (tertiary/aromatic N) is 3. The molecule has 1 fully saturated rings. The lowest BCUT2D eigenvalue weighted by Gasteiger charge is -2.22. The Morgan fingerprint density at radius 2 is 2.53 bits per heavy atom. The molecule has 0 aliphatic carbocycles. The summed E-state index contributed by atoms with van der Waals surface area (Å²) >= 11 is 1.39. The van der Waals surface area contributed by atoms with Crippen LogP contribution in [-0.2, 0) is 0 Å². The van der Waals surface area contributed by atoms with Gasteiger partial charge in [0.25, 0.3) is 5.91 Å². The smallest absolute Gasteiger partial charge is 0.277 e. The first-order valence-corrected chi connectivity index (χ1v) is 7.17. The Labute approximate surface area is 114 Å². The Morgan fingerprint density at radius 1 is 1.58 bits per heavy atom. The summed E-state index contributed by atoms with van der Waals surface area (Å²) in [6.45, 7) is 1.98. The zero-order valence-electron chi connectivity index (χ0n) is 10.4. The van der Waals surface area contributed by atoms with Crippen LogP contribution in [0.25, 0.3) is 0 Å². The Balaban J connectivity index is 1.68. The van der Waals surface area contributed by atoms with Crippen molar-refractivity contribution in [2.24, 2.45) is 0 Å². The van der Waals surface area contributed by atoms with Crippen molar-refractivity contribution >= 4 is 22.4 Å². The number of rotatable bonds is 3. The Morgan fingerprint density at radius 3 is 3.26 bits per heavy atom. The van der Waals surface area contributed by atoms with Gasteiger partial charge in [0.15, 0.2) is 10.8 Å². The quantitative estimate of drug-likeness (QED) is 0.892. The lowest BCUT2D eigenvalue weighted by molar-refractivity contribution is 0.102. The topological polar surface area (TPSA) is 71.8 Å². The van der Waals surface area contributed by atoms with Crippen LogP contribution in [0.3, 0.4) is 0 Å². The van der Waals surface area contributed by atoms with Crippen molar-refractivity contribution in [3.05, 3.63) is 29.5 Å². The predicted octanol–water partition coefficient (Wildman–Crippen LogP) is 1.52. The van der Waals surface area contributed by atoms with E-state index in [4.69, 9.17) is 0 Å². The molecule has 19 heavy (non-hydrogen) atoms. The average molecular weight is 277 g/mol. The average Bonchev–Trinajstić information content (AvgIpc) is 3.10. The van der Waals surface area contributed by atoms with Crippen molar-refractivity contribution in [1.82, 2.24) is 20.1 Å². The second kappa shape index (κ2) is 5.50. The SMILES string of the molecule is O=C(Nc1nccs1)c1ccn(C2CCCNC2)n1. The van der Waals surface area contributed by atoms with Gasteiger partial charge < -0.3 is 5.32 Å². The summed E-state index contributed by atoms with van der Waals surface area (Å²) in [4.78, 5) is 16.0. The third-order valence-corrected chi connectivity index (χ3v) is 3.83. The van der Waals surface area contributed by atoms with Gasteiger partial charge in [0.2, 0.25) is 0 Å². The van der Waals surface area contributed by atoms with Gasteiger partial charge in [-0.1, -0.05) is 0 Å². The number of carbonyl (C=O) groups excluding carboxylic acids is 1. The molecule has 6 nitrogen and oxygen atoms in total. The van der Waals surface area contributed by atoms with E-state index in [2.05, 4.69) is 20.7 Å². The summed E-state index contributed by atoms with van der Waals surface area (Å²) in [5.74, 6) is -0.211. The number of hydrogen-bond donors (Lipinski definition) is 2. The highest BCUT2D eigenvalue weighted by molar-refractivity contribution is 7.13. The number of aromatic nitrogens is 3. The second-order valence-corrected chi connectivity index (χ2v) is 5.37. The standard InChI is InChI=1S/C12H15N5OS/c18-11(15-12-14-5-7-19-12)10-3-6-17(16-10)9-2-1-4-13-8-9/h3,5-7,9,13H,1-2,4,8H2,(H,14,15,18). The van der Waals surface area contributed by atoms with E-state index >= 15 is 0 Å². The van der Waals surface area contributed by atoms with Gasteiger partial charge in [-0.05, 0) is 25.5 Å². The number of carbonyl (C=O) groups is 1. The molecule has 1 saturated heterocycles. The van der Waals surface area contributed by atoms with Crippen LogP contribution in [0.2, 0.25) is 0 Å². The summed E-state index contributed by atoms with van der Waals surface area (Å²) in [5, 5.41) is 12.8. The molecular weight excluding hydrogens is 262 g/mol. The maximum atomic E-state index is 12.0. The summed E-state index contributed by atoms with van der Waals surface area (Å²) < 4.78 is 1.88. The Hall–Kier alpha value is -1.73. The molecule has 2 N–H and O–H groups in total. The molecule has 0 radical (unpaired) electrons. The van der Waals surface area contributed by atoms with Crippen LogP contribution in [0.1, 0.15) is 29.4 Å². The van der Waals surface area contributed by atoms with E-state index in [9.17, 15) is 4.79 Å². The van der Waals surface area contributed by atoms with Crippen molar-refractivity contribution in [3.63, 3.8) is 0 Å². The third-order valence-electron chi connectivity index (χ3n) is 3.14. The van der Waals surface area contributed by atoms with Crippen LogP contribution in [0.4, 0.5) is 5.13 Å². The maximum Gasteiger partial charge on any atom is 0.277 e. The van der Waals surface area contributed by atoms with Crippen LogP contribution < -0.4 is 10.6 Å². The first-order valence-electron chi connectivity index (χ1n) is 6.29. The Bertz CT molecular complexity index is 544. The van der Waals surface area contributed by atoms with Gasteiger partial charge in [-0.15, -0.1) is 11.3 Å². The van der Waals surface area contributed by atoms with Crippen molar-refractivity contribution in [2.75, 3.05) is 18.4 Å². The molecule has 1 amide bonds. The summed E-state index contributed by atoms with van der Waals surface area (Å²) in [6, 6.07) is 2.09. The van der Waals surface area contributed by atoms with Crippen molar-refractivity contribution < 1.29 is 4.79 Å². The van der Waals surface area contributed by atoms with E-state index in [1.54, 1.807) is 12.3 Å². The normalized spacial score (nSPS) is 19.3. The first kappa shape index (κ1) is 12.3. The fourth-order valence-corrected chi connectivity index (χ4v) is 2.69. The first-order chi connectivity index (χ1) is 9.33. The second-order valence-electron chi connectivity index (χ2n) is 4.47. The van der Waals surface area contributed by atoms with E-state index < -0.39 is 0 Å². The molecule has 0 spiro atoms. The highest BCUT2D eigenvalue weighted by Crippen LogP contribution is 2.16. The van der Waals surface area contributed by atoms with Crippen LogP contribution >= 0.6 is 11.3 Å². The molecule has 0 saturated carbocycles. The van der Waals surface area contributed by atoms with E-state index in [-0.39, 0.29) is 5.91 Å². The number of thiazole rings is 1. The highest BCUT2D eigenvalue weighted by Gasteiger charge is 2.17. The van der Waals surface area contributed by atoms with E-state index in [1.807, 2.05) is 16.3 Å². The van der Waals surface area contributed by atoms with Gasteiger partial charge in [0.05, 0.1) is 6.04 Å². The molecule has 1 unspecified atom stereocenters. The number of amides is 1. The fraction of sp³-hybridized carbons (Fsp3) is 0.417. The number of piperidine rings is 1. The monoisotopic (exact) mass is 277 g/mol. The van der Waals surface area contributed by atoms with E-state index in [1.165, 1.54) is 11.3 Å². The minimum absolute atomic E-state index is 0.211. The number of nitrogens with one attached hydrogen (secondary N) is 2. The summed E-state index contributed by atoms with van der Waals surface area (Å²) in [6.07, 6.45) is 5.77. The molecular formula is C12H15N5OS. The molecule has 7 heteroatoms. The third kappa shape index (κ3) is 2.82. The minimum Gasteiger partial charge on any atom is -0.315 e. The van der Waals surface area contributed by atoms with Crippen LogP contribution in [0.5, 0.6) is 0 Å². The molecule has 2 aromatic heterocycles. The van der Waals surface area contributed by atoms with Crippen LogP contribution in [0.15, 0.2) is 23.8 Å². The van der Waals surface area contributed by atoms with Gasteiger partial charge >= 0.3 is 0 Å². The van der Waals surface area contributed by atoms with Crippen molar-refractivity contribution in [3.8, 4) is 0 Å². The zero-order valence-corrected chi connectivity index (χ0v) is 11.2. The summed E-state index contributed by atoms with van der Waals surface area (Å²) in [5.41, 5.74) is 0.431. The van der Waals surface area contributed by atoms with Crippen molar-refractivity contribution in [2.45, 2.75) is 18.9 Å². The van der Waals surface area contributed by atoms with Gasteiger partial charge in [-0.25, -0.2) is 4.98 Å². The van der Waals surface area contributed by atoms with Gasteiger partial charge in [-0.2, -0.15) is 5.10 Å². The van der Waals surface area contributed by atoms with Crippen LogP contribution in [-0.4, -0.2) is 33.8 Å². The molecule has 2 aromatic rings. The highest BCUT2D eigenvalue weighted by atomic mass is 32.1. The number of anilines is 1. The van der Waals surface area contributed by atoms with Gasteiger partial charge in [0, 0.05) is 24.3 Å². The zero-order chi connectivity index (χ0) is 13.1. The van der Waals surface area contributed by atoms with Gasteiger partial charge in [0.1, 0.15) is 0 Å². The summed E-state index contributed by atoms with van der Waals surface area (Å²) in [7, 11) is 0. The number of hydrogen-bond acceptors (Lipinski definition) is 5. The molecule has 0 aromatic carbocycles. The lowest BCUT2D eigenvalue weighted by Crippen LogP contribution is -2.32. The molecule has 100 valence electrons. The molecule has 0 bridgehead atoms. The largest absolute Gasteiger partial charge is 0.315 e. The maximum absolute atomic E-state index is 12.0. The Kier molecular flexibility index (Phi) is 3.56. The molecule has 3 heterocycles. The fourth-order valence-electron chi connectivity index (χ4n) is 2.17. The van der Waals surface area contributed by atoms with Crippen LogP contribution in [0, 0.1) is 0 Å². The molecule has 1 aliphatic heterocycles. The lowest BCUT2D eigenvalue weighted by atomic mass is 10.1. The van der Waals surface area contributed by atoms with E-state index in [0.29, 0.717) is 16.9 Å². The molecule has 1 aliphatic rings. The van der Waals surface area contributed by atoms with Gasteiger partial charge in [-0.3, -0.25) is 14.8 Å².